The summed E-state index contributed by atoms with van der Waals surface area (Å²) >= 11 is 3.44. The summed E-state index contributed by atoms with van der Waals surface area (Å²) in [7, 11) is 0. The molecule has 0 aliphatic rings. The number of hydrogen-bond acceptors (Lipinski definition) is 2. The summed E-state index contributed by atoms with van der Waals surface area (Å²) in [6, 6.07) is 8.12. The van der Waals surface area contributed by atoms with Gasteiger partial charge in [-0.3, -0.25) is 5.32 Å². The lowest BCUT2D eigenvalue weighted by molar-refractivity contribution is 0.467. The molecule has 16 heavy (non-hydrogen) atoms. The van der Waals surface area contributed by atoms with Gasteiger partial charge in [0.15, 0.2) is 0 Å². The summed E-state index contributed by atoms with van der Waals surface area (Å²) in [5.41, 5.74) is 0.896. The molecule has 1 atom stereocenters. The van der Waals surface area contributed by atoms with Gasteiger partial charge in [0.2, 0.25) is 0 Å². The Hall–Kier alpha value is -1.24. The van der Waals surface area contributed by atoms with E-state index in [1.54, 1.807) is 0 Å². The molecule has 2 nitrogen and oxygen atoms in total. The van der Waals surface area contributed by atoms with Crippen LogP contribution in [0.5, 0.6) is 0 Å². The molecule has 0 amide bonds. The van der Waals surface area contributed by atoms with Crippen LogP contribution in [0.25, 0.3) is 11.0 Å². The first kappa shape index (κ1) is 11.3. The Balaban J connectivity index is 2.29. The maximum Gasteiger partial charge on any atom is 0.134 e. The number of rotatable bonds is 3. The molecule has 0 aliphatic heterocycles. The zero-order valence-corrected chi connectivity index (χ0v) is 10.5. The minimum absolute atomic E-state index is 0.127. The van der Waals surface area contributed by atoms with Crippen LogP contribution >= 0.6 is 15.9 Å². The summed E-state index contributed by atoms with van der Waals surface area (Å²) in [5, 5.41) is 4.28. The van der Waals surface area contributed by atoms with Gasteiger partial charge in [0.05, 0.1) is 12.6 Å². The van der Waals surface area contributed by atoms with E-state index in [4.69, 9.17) is 10.8 Å². The van der Waals surface area contributed by atoms with Crippen LogP contribution in [0.4, 0.5) is 0 Å². The third-order valence-electron chi connectivity index (χ3n) is 2.43. The van der Waals surface area contributed by atoms with Crippen LogP contribution in [0.2, 0.25) is 0 Å². The highest BCUT2D eigenvalue weighted by atomic mass is 79.9. The molecule has 0 saturated heterocycles. The Morgan fingerprint density at radius 2 is 2.31 bits per heavy atom. The molecule has 0 radical (unpaired) electrons. The van der Waals surface area contributed by atoms with Crippen molar-refractivity contribution in [3.8, 4) is 12.3 Å². The molecule has 1 N–H and O–H groups in total. The Morgan fingerprint density at radius 3 is 3.06 bits per heavy atom. The molecule has 2 aromatic rings. The van der Waals surface area contributed by atoms with Gasteiger partial charge in [-0.15, -0.1) is 6.42 Å². The number of terminal acetylenes is 1. The number of fused-ring (bicyclic) bond motifs is 1. The highest BCUT2D eigenvalue weighted by Gasteiger charge is 2.10. The first-order chi connectivity index (χ1) is 7.70. The molecular formula is C13H12BrNO. The van der Waals surface area contributed by atoms with Crippen LogP contribution in [0, 0.1) is 12.3 Å². The molecular weight excluding hydrogens is 266 g/mol. The van der Waals surface area contributed by atoms with Gasteiger partial charge in [0.1, 0.15) is 11.3 Å². The third kappa shape index (κ3) is 2.29. The van der Waals surface area contributed by atoms with Gasteiger partial charge in [0.25, 0.3) is 0 Å². The van der Waals surface area contributed by atoms with Crippen molar-refractivity contribution in [2.24, 2.45) is 0 Å². The van der Waals surface area contributed by atoms with Gasteiger partial charge in [-0.2, -0.15) is 0 Å². The summed E-state index contributed by atoms with van der Waals surface area (Å²) in [6.07, 6.45) is 5.20. The molecule has 0 fully saturated rings. The normalized spacial score (nSPS) is 12.6. The van der Waals surface area contributed by atoms with E-state index in [0.29, 0.717) is 6.54 Å². The predicted molar refractivity (Wildman–Crippen MR) is 69.2 cm³/mol. The van der Waals surface area contributed by atoms with Gasteiger partial charge >= 0.3 is 0 Å². The molecule has 1 aromatic carbocycles. The van der Waals surface area contributed by atoms with Gasteiger partial charge in [0, 0.05) is 9.86 Å². The highest BCUT2D eigenvalue weighted by molar-refractivity contribution is 9.10. The van der Waals surface area contributed by atoms with E-state index < -0.39 is 0 Å². The van der Waals surface area contributed by atoms with Crippen LogP contribution in [0.3, 0.4) is 0 Å². The first-order valence-electron chi connectivity index (χ1n) is 5.06. The van der Waals surface area contributed by atoms with Crippen LogP contribution in [-0.4, -0.2) is 6.54 Å². The molecule has 2 rings (SSSR count). The maximum atomic E-state index is 5.73. The van der Waals surface area contributed by atoms with Gasteiger partial charge in [-0.1, -0.05) is 21.9 Å². The number of nitrogens with one attached hydrogen (secondary N) is 1. The topological polar surface area (TPSA) is 25.2 Å². The van der Waals surface area contributed by atoms with Crippen molar-refractivity contribution in [3.63, 3.8) is 0 Å². The zero-order chi connectivity index (χ0) is 11.5. The predicted octanol–water partition coefficient (Wildman–Crippen LogP) is 3.48. The Bertz CT molecular complexity index is 538. The van der Waals surface area contributed by atoms with Gasteiger partial charge < -0.3 is 4.42 Å². The van der Waals surface area contributed by atoms with E-state index in [1.807, 2.05) is 31.2 Å². The number of halogens is 1. The molecule has 0 saturated carbocycles. The van der Waals surface area contributed by atoms with E-state index >= 15 is 0 Å². The molecule has 1 heterocycles. The van der Waals surface area contributed by atoms with Crippen LogP contribution < -0.4 is 5.32 Å². The van der Waals surface area contributed by atoms with Crippen molar-refractivity contribution in [2.75, 3.05) is 6.54 Å². The zero-order valence-electron chi connectivity index (χ0n) is 8.96. The fourth-order valence-electron chi connectivity index (χ4n) is 1.56. The van der Waals surface area contributed by atoms with Crippen LogP contribution in [0.15, 0.2) is 33.2 Å². The molecule has 0 spiro atoms. The van der Waals surface area contributed by atoms with E-state index in [-0.39, 0.29) is 6.04 Å². The molecule has 1 aromatic heterocycles. The van der Waals surface area contributed by atoms with Gasteiger partial charge in [-0.25, -0.2) is 0 Å². The minimum Gasteiger partial charge on any atom is -0.459 e. The van der Waals surface area contributed by atoms with Crippen LogP contribution in [-0.2, 0) is 0 Å². The number of furan rings is 1. The van der Waals surface area contributed by atoms with Crippen molar-refractivity contribution in [2.45, 2.75) is 13.0 Å². The fourth-order valence-corrected chi connectivity index (χ4v) is 1.94. The van der Waals surface area contributed by atoms with Gasteiger partial charge in [-0.05, 0) is 31.2 Å². The summed E-state index contributed by atoms with van der Waals surface area (Å²) in [6.45, 7) is 2.58. The molecule has 82 valence electrons. The molecule has 1 unspecified atom stereocenters. The van der Waals surface area contributed by atoms with Crippen molar-refractivity contribution in [3.05, 3.63) is 34.5 Å². The summed E-state index contributed by atoms with van der Waals surface area (Å²) in [4.78, 5) is 0. The lowest BCUT2D eigenvalue weighted by Gasteiger charge is -2.07. The van der Waals surface area contributed by atoms with E-state index in [1.165, 1.54) is 0 Å². The average Bonchev–Trinajstić information content (AvgIpc) is 2.68. The van der Waals surface area contributed by atoms with Crippen molar-refractivity contribution in [1.82, 2.24) is 5.32 Å². The highest BCUT2D eigenvalue weighted by Crippen LogP contribution is 2.26. The average molecular weight is 278 g/mol. The van der Waals surface area contributed by atoms with Crippen molar-refractivity contribution in [1.29, 1.82) is 0 Å². The molecule has 0 aliphatic carbocycles. The quantitative estimate of drug-likeness (QED) is 0.869. The molecule has 3 heteroatoms. The van der Waals surface area contributed by atoms with E-state index in [2.05, 4.69) is 27.2 Å². The largest absolute Gasteiger partial charge is 0.459 e. The van der Waals surface area contributed by atoms with Crippen molar-refractivity contribution < 1.29 is 4.42 Å². The lowest BCUT2D eigenvalue weighted by Crippen LogP contribution is -2.17. The second kappa shape index (κ2) is 4.73. The number of hydrogen-bond donors (Lipinski definition) is 1. The Kier molecular flexibility index (Phi) is 3.33. The first-order valence-corrected chi connectivity index (χ1v) is 5.86. The summed E-state index contributed by atoms with van der Waals surface area (Å²) in [5.74, 6) is 3.46. The lowest BCUT2D eigenvalue weighted by atomic mass is 10.2. The SMILES string of the molecule is C#CCNC(C)c1cc2cc(Br)ccc2o1. The van der Waals surface area contributed by atoms with Crippen LogP contribution in [0.1, 0.15) is 18.7 Å². The second-order valence-electron chi connectivity index (χ2n) is 3.64. The smallest absolute Gasteiger partial charge is 0.134 e. The summed E-state index contributed by atoms with van der Waals surface area (Å²) < 4.78 is 6.78. The third-order valence-corrected chi connectivity index (χ3v) is 2.93. The maximum absolute atomic E-state index is 5.73. The minimum atomic E-state index is 0.127. The second-order valence-corrected chi connectivity index (χ2v) is 4.55. The Morgan fingerprint density at radius 1 is 1.50 bits per heavy atom. The molecule has 0 bridgehead atoms. The Labute approximate surface area is 103 Å². The monoisotopic (exact) mass is 277 g/mol. The fraction of sp³-hybridized carbons (Fsp3) is 0.231. The standard InChI is InChI=1S/C13H12BrNO/c1-3-6-15-9(2)13-8-10-7-11(14)4-5-12(10)16-13/h1,4-5,7-9,15H,6H2,2H3. The van der Waals surface area contributed by atoms with E-state index in [9.17, 15) is 0 Å². The van der Waals surface area contributed by atoms with Crippen molar-refractivity contribution >= 4 is 26.9 Å². The van der Waals surface area contributed by atoms with E-state index in [0.717, 1.165) is 21.2 Å². The number of benzene rings is 1.